The first-order valence-corrected chi connectivity index (χ1v) is 7.04. The molecule has 0 saturated carbocycles. The van der Waals surface area contributed by atoms with Gasteiger partial charge in [-0.1, -0.05) is 30.3 Å². The van der Waals surface area contributed by atoms with Gasteiger partial charge in [-0.05, 0) is 18.2 Å². The first-order valence-electron chi connectivity index (χ1n) is 7.04. The third-order valence-corrected chi connectivity index (χ3v) is 3.60. The van der Waals surface area contributed by atoms with Crippen molar-refractivity contribution in [1.29, 1.82) is 0 Å². The number of amidine groups is 1. The van der Waals surface area contributed by atoms with Gasteiger partial charge in [-0.15, -0.1) is 0 Å². The van der Waals surface area contributed by atoms with Crippen molar-refractivity contribution in [1.82, 2.24) is 0 Å². The summed E-state index contributed by atoms with van der Waals surface area (Å²) in [5, 5.41) is 2.81. The highest BCUT2D eigenvalue weighted by molar-refractivity contribution is 6.17. The Morgan fingerprint density at radius 3 is 2.77 bits per heavy atom. The summed E-state index contributed by atoms with van der Waals surface area (Å²) < 4.78 is 5.36. The predicted octanol–water partition coefficient (Wildman–Crippen LogP) is 2.27. The Morgan fingerprint density at radius 2 is 1.91 bits per heavy atom. The molecule has 0 bridgehead atoms. The molecule has 0 spiro atoms. The molecule has 0 fully saturated rings. The van der Waals surface area contributed by atoms with E-state index in [2.05, 4.69) is 15.3 Å². The number of benzene rings is 2. The van der Waals surface area contributed by atoms with Gasteiger partial charge in [0.15, 0.2) is 12.4 Å². The summed E-state index contributed by atoms with van der Waals surface area (Å²) >= 11 is 0. The van der Waals surface area contributed by atoms with Crippen LogP contribution in [-0.4, -0.2) is 30.6 Å². The number of amides is 1. The number of nitrogens with zero attached hydrogens (tertiary/aromatic N) is 2. The second-order valence-corrected chi connectivity index (χ2v) is 5.11. The van der Waals surface area contributed by atoms with Crippen LogP contribution in [0, 0.1) is 0 Å². The average molecular weight is 291 g/mol. The summed E-state index contributed by atoms with van der Waals surface area (Å²) in [6.45, 7) is 0.604. The molecule has 5 heteroatoms. The highest BCUT2D eigenvalue weighted by Gasteiger charge is 2.19. The lowest BCUT2D eigenvalue weighted by atomic mass is 10.1. The molecule has 2 heterocycles. The first kappa shape index (κ1) is 12.8. The smallest absolute Gasteiger partial charge is 0.262 e. The van der Waals surface area contributed by atoms with Crippen LogP contribution >= 0.6 is 0 Å². The molecule has 0 radical (unpaired) electrons. The highest BCUT2D eigenvalue weighted by Crippen LogP contribution is 2.29. The molecule has 2 aliphatic rings. The molecule has 0 aliphatic carbocycles. The summed E-state index contributed by atoms with van der Waals surface area (Å²) in [5.41, 5.74) is 3.53. The lowest BCUT2D eigenvalue weighted by Gasteiger charge is -2.18. The molecule has 22 heavy (non-hydrogen) atoms. The van der Waals surface area contributed by atoms with E-state index < -0.39 is 0 Å². The van der Waals surface area contributed by atoms with Crippen LogP contribution in [0.2, 0.25) is 0 Å². The molecule has 0 aromatic heterocycles. The van der Waals surface area contributed by atoms with Gasteiger partial charge < -0.3 is 10.1 Å². The van der Waals surface area contributed by atoms with Gasteiger partial charge in [0.2, 0.25) is 0 Å². The number of hydrogen-bond donors (Lipinski definition) is 1. The minimum absolute atomic E-state index is 0.0640. The van der Waals surface area contributed by atoms with Gasteiger partial charge in [-0.3, -0.25) is 9.79 Å². The Kier molecular flexibility index (Phi) is 2.96. The molecule has 108 valence electrons. The molecule has 0 unspecified atom stereocenters. The summed E-state index contributed by atoms with van der Waals surface area (Å²) in [7, 11) is 0. The van der Waals surface area contributed by atoms with Crippen LogP contribution in [0.15, 0.2) is 58.5 Å². The number of rotatable bonds is 2. The van der Waals surface area contributed by atoms with E-state index in [0.717, 1.165) is 22.7 Å². The SMILES string of the molecule is O=C1COc2ccc(C3=NC(c4ccccc4)=NC3)cc2N1. The van der Waals surface area contributed by atoms with Gasteiger partial charge in [-0.2, -0.15) is 0 Å². The Morgan fingerprint density at radius 1 is 1.05 bits per heavy atom. The monoisotopic (exact) mass is 291 g/mol. The second kappa shape index (κ2) is 5.11. The second-order valence-electron chi connectivity index (χ2n) is 5.11. The van der Waals surface area contributed by atoms with Crippen LogP contribution in [0.25, 0.3) is 0 Å². The first-order chi connectivity index (χ1) is 10.8. The molecule has 2 aromatic rings. The number of anilines is 1. The van der Waals surface area contributed by atoms with Gasteiger partial charge >= 0.3 is 0 Å². The Hall–Kier alpha value is -2.95. The van der Waals surface area contributed by atoms with Crippen molar-refractivity contribution in [3.8, 4) is 5.75 Å². The van der Waals surface area contributed by atoms with E-state index in [-0.39, 0.29) is 12.5 Å². The molecule has 2 aliphatic heterocycles. The van der Waals surface area contributed by atoms with Gasteiger partial charge in [-0.25, -0.2) is 4.99 Å². The van der Waals surface area contributed by atoms with Crippen molar-refractivity contribution in [2.24, 2.45) is 9.98 Å². The van der Waals surface area contributed by atoms with Crippen molar-refractivity contribution in [3.05, 3.63) is 59.7 Å². The van der Waals surface area contributed by atoms with Crippen LogP contribution in [0.4, 0.5) is 5.69 Å². The number of ether oxygens (including phenoxy) is 1. The highest BCUT2D eigenvalue weighted by atomic mass is 16.5. The number of nitrogens with one attached hydrogen (secondary N) is 1. The molecule has 1 amide bonds. The lowest BCUT2D eigenvalue weighted by molar-refractivity contribution is -0.118. The van der Waals surface area contributed by atoms with Crippen LogP contribution in [-0.2, 0) is 4.79 Å². The average Bonchev–Trinajstić information content (AvgIpc) is 3.05. The van der Waals surface area contributed by atoms with Gasteiger partial charge in [0.25, 0.3) is 5.91 Å². The Bertz CT molecular complexity index is 810. The van der Waals surface area contributed by atoms with Gasteiger partial charge in [0.05, 0.1) is 17.9 Å². The maximum atomic E-state index is 11.4. The zero-order chi connectivity index (χ0) is 14.9. The van der Waals surface area contributed by atoms with Crippen molar-refractivity contribution in [2.45, 2.75) is 0 Å². The molecule has 2 aromatic carbocycles. The number of aliphatic imine (C=N–C) groups is 2. The van der Waals surface area contributed by atoms with E-state index in [4.69, 9.17) is 4.74 Å². The molecule has 1 N–H and O–H groups in total. The van der Waals surface area contributed by atoms with E-state index >= 15 is 0 Å². The summed E-state index contributed by atoms with van der Waals surface area (Å²) in [4.78, 5) is 20.5. The zero-order valence-corrected chi connectivity index (χ0v) is 11.7. The molecule has 0 atom stereocenters. The Balaban J connectivity index is 1.64. The fourth-order valence-electron chi connectivity index (χ4n) is 2.51. The fourth-order valence-corrected chi connectivity index (χ4v) is 2.51. The third kappa shape index (κ3) is 2.26. The summed E-state index contributed by atoms with van der Waals surface area (Å²) in [5.74, 6) is 1.29. The quantitative estimate of drug-likeness (QED) is 0.922. The maximum Gasteiger partial charge on any atom is 0.262 e. The van der Waals surface area contributed by atoms with Gasteiger partial charge in [0, 0.05) is 11.1 Å². The number of fused-ring (bicyclic) bond motifs is 1. The van der Waals surface area contributed by atoms with E-state index in [1.165, 1.54) is 0 Å². The minimum atomic E-state index is -0.140. The lowest BCUT2D eigenvalue weighted by Crippen LogP contribution is -2.25. The maximum absolute atomic E-state index is 11.4. The fraction of sp³-hybridized carbons (Fsp3) is 0.118. The van der Waals surface area contributed by atoms with Crippen molar-refractivity contribution in [2.75, 3.05) is 18.5 Å². The standard InChI is InChI=1S/C17H13N3O2/c21-16-10-22-15-7-6-12(8-13(15)19-16)14-9-18-17(20-14)11-4-2-1-3-5-11/h1-8H,9-10H2,(H,19,21). The zero-order valence-electron chi connectivity index (χ0n) is 11.7. The topological polar surface area (TPSA) is 63.0 Å². The molecule has 4 rings (SSSR count). The van der Waals surface area contributed by atoms with E-state index in [1.54, 1.807) is 0 Å². The molecular formula is C17H13N3O2. The number of hydrogen-bond acceptors (Lipinski definition) is 4. The normalized spacial score (nSPS) is 16.3. The number of carbonyl (C=O) groups excluding carboxylic acids is 1. The Labute approximate surface area is 127 Å². The molecule has 0 saturated heterocycles. The van der Waals surface area contributed by atoms with Crippen molar-refractivity contribution < 1.29 is 9.53 Å². The van der Waals surface area contributed by atoms with Crippen molar-refractivity contribution >= 4 is 23.1 Å². The summed E-state index contributed by atoms with van der Waals surface area (Å²) in [6, 6.07) is 15.6. The van der Waals surface area contributed by atoms with Crippen LogP contribution in [0.5, 0.6) is 5.75 Å². The van der Waals surface area contributed by atoms with Crippen LogP contribution in [0.1, 0.15) is 11.1 Å². The summed E-state index contributed by atoms with van der Waals surface area (Å²) in [6.07, 6.45) is 0. The molecular weight excluding hydrogens is 278 g/mol. The van der Waals surface area contributed by atoms with E-state index in [0.29, 0.717) is 18.0 Å². The minimum Gasteiger partial charge on any atom is -0.482 e. The van der Waals surface area contributed by atoms with E-state index in [1.807, 2.05) is 48.5 Å². The van der Waals surface area contributed by atoms with Crippen LogP contribution < -0.4 is 10.1 Å². The van der Waals surface area contributed by atoms with Crippen molar-refractivity contribution in [3.63, 3.8) is 0 Å². The number of carbonyl (C=O) groups is 1. The van der Waals surface area contributed by atoms with E-state index in [9.17, 15) is 4.79 Å². The predicted molar refractivity (Wildman–Crippen MR) is 84.9 cm³/mol. The largest absolute Gasteiger partial charge is 0.482 e. The third-order valence-electron chi connectivity index (χ3n) is 3.60. The molecule has 5 nitrogen and oxygen atoms in total. The van der Waals surface area contributed by atoms with Gasteiger partial charge in [0.1, 0.15) is 5.75 Å². The van der Waals surface area contributed by atoms with Crippen LogP contribution in [0.3, 0.4) is 0 Å².